The fourth-order valence-corrected chi connectivity index (χ4v) is 2.88. The van der Waals surface area contributed by atoms with Crippen LogP contribution in [0.15, 0.2) is 24.3 Å². The van der Waals surface area contributed by atoms with Crippen LogP contribution in [-0.2, 0) is 4.74 Å². The van der Waals surface area contributed by atoms with Crippen LogP contribution in [0.4, 0.5) is 0 Å². The minimum atomic E-state index is 0.323. The van der Waals surface area contributed by atoms with Gasteiger partial charge in [-0.05, 0) is 37.4 Å². The molecule has 2 N–H and O–H groups in total. The summed E-state index contributed by atoms with van der Waals surface area (Å²) in [6.45, 7) is 4.94. The van der Waals surface area contributed by atoms with E-state index in [1.165, 1.54) is 17.5 Å². The maximum absolute atomic E-state index is 6.01. The lowest BCUT2D eigenvalue weighted by atomic mass is 9.97. The maximum Gasteiger partial charge on any atom is 0.0698 e. The second-order valence-corrected chi connectivity index (χ2v) is 5.10. The van der Waals surface area contributed by atoms with E-state index >= 15 is 0 Å². The van der Waals surface area contributed by atoms with Crippen LogP contribution in [0.1, 0.15) is 30.0 Å². The SMILES string of the molecule is COC1CCCN(C(CN)c2ccccc2C)C1. The van der Waals surface area contributed by atoms with Gasteiger partial charge >= 0.3 is 0 Å². The van der Waals surface area contributed by atoms with Crippen LogP contribution < -0.4 is 5.73 Å². The smallest absolute Gasteiger partial charge is 0.0698 e. The van der Waals surface area contributed by atoms with Crippen LogP contribution in [0.3, 0.4) is 0 Å². The minimum Gasteiger partial charge on any atom is -0.380 e. The summed E-state index contributed by atoms with van der Waals surface area (Å²) in [4.78, 5) is 2.47. The zero-order valence-electron chi connectivity index (χ0n) is 11.4. The lowest BCUT2D eigenvalue weighted by Crippen LogP contribution is -2.43. The second kappa shape index (κ2) is 6.32. The summed E-state index contributed by atoms with van der Waals surface area (Å²) >= 11 is 0. The Morgan fingerprint density at radius 1 is 1.44 bits per heavy atom. The predicted octanol–water partition coefficient (Wildman–Crippen LogP) is 2.11. The number of nitrogens with two attached hydrogens (primary N) is 1. The molecule has 2 unspecified atom stereocenters. The molecule has 0 bridgehead atoms. The number of benzene rings is 1. The highest BCUT2D eigenvalue weighted by Crippen LogP contribution is 2.26. The Labute approximate surface area is 110 Å². The molecule has 1 aromatic rings. The molecule has 3 heteroatoms. The predicted molar refractivity (Wildman–Crippen MR) is 74.6 cm³/mol. The van der Waals surface area contributed by atoms with Crippen molar-refractivity contribution >= 4 is 0 Å². The number of nitrogens with zero attached hydrogens (tertiary/aromatic N) is 1. The fraction of sp³-hybridized carbons (Fsp3) is 0.600. The molecule has 1 saturated heterocycles. The third-order valence-electron chi connectivity index (χ3n) is 3.95. The summed E-state index contributed by atoms with van der Waals surface area (Å²) in [6.07, 6.45) is 2.72. The van der Waals surface area contributed by atoms with E-state index in [9.17, 15) is 0 Å². The molecule has 0 amide bonds. The molecular weight excluding hydrogens is 224 g/mol. The quantitative estimate of drug-likeness (QED) is 0.887. The lowest BCUT2D eigenvalue weighted by Gasteiger charge is -2.38. The molecule has 0 spiro atoms. The van der Waals surface area contributed by atoms with Crippen molar-refractivity contribution in [2.45, 2.75) is 31.9 Å². The van der Waals surface area contributed by atoms with Gasteiger partial charge in [0, 0.05) is 26.2 Å². The number of rotatable bonds is 4. The molecule has 100 valence electrons. The number of methoxy groups -OCH3 is 1. The van der Waals surface area contributed by atoms with Crippen LogP contribution >= 0.6 is 0 Å². The van der Waals surface area contributed by atoms with E-state index in [-0.39, 0.29) is 0 Å². The largest absolute Gasteiger partial charge is 0.380 e. The Hall–Kier alpha value is -0.900. The molecule has 0 radical (unpaired) electrons. The van der Waals surface area contributed by atoms with Crippen molar-refractivity contribution in [3.63, 3.8) is 0 Å². The van der Waals surface area contributed by atoms with Crippen LogP contribution in [0.2, 0.25) is 0 Å². The number of piperidine rings is 1. The van der Waals surface area contributed by atoms with Crippen LogP contribution in [0.25, 0.3) is 0 Å². The van der Waals surface area contributed by atoms with E-state index in [0.717, 1.165) is 19.5 Å². The highest BCUT2D eigenvalue weighted by molar-refractivity contribution is 5.29. The average molecular weight is 248 g/mol. The average Bonchev–Trinajstić information content (AvgIpc) is 2.42. The van der Waals surface area contributed by atoms with Gasteiger partial charge in [-0.3, -0.25) is 4.90 Å². The molecule has 1 aliphatic heterocycles. The summed E-state index contributed by atoms with van der Waals surface area (Å²) in [7, 11) is 1.80. The van der Waals surface area contributed by atoms with Gasteiger partial charge in [-0.25, -0.2) is 0 Å². The molecule has 0 aromatic heterocycles. The highest BCUT2D eigenvalue weighted by atomic mass is 16.5. The first-order chi connectivity index (χ1) is 8.76. The second-order valence-electron chi connectivity index (χ2n) is 5.10. The Balaban J connectivity index is 2.15. The first-order valence-electron chi connectivity index (χ1n) is 6.78. The number of likely N-dealkylation sites (tertiary alicyclic amines) is 1. The van der Waals surface area contributed by atoms with Gasteiger partial charge in [-0.1, -0.05) is 24.3 Å². The molecule has 0 saturated carbocycles. The van der Waals surface area contributed by atoms with Gasteiger partial charge < -0.3 is 10.5 Å². The molecule has 3 nitrogen and oxygen atoms in total. The number of hydrogen-bond donors (Lipinski definition) is 1. The summed E-state index contributed by atoms with van der Waals surface area (Å²) in [5, 5.41) is 0. The molecular formula is C15H24N2O. The van der Waals surface area contributed by atoms with Crippen molar-refractivity contribution in [1.29, 1.82) is 0 Å². The highest BCUT2D eigenvalue weighted by Gasteiger charge is 2.26. The van der Waals surface area contributed by atoms with Gasteiger partial charge in [0.05, 0.1) is 6.10 Å². The van der Waals surface area contributed by atoms with Gasteiger partial charge in [0.15, 0.2) is 0 Å². The summed E-state index contributed by atoms with van der Waals surface area (Å²) in [6, 6.07) is 8.87. The van der Waals surface area contributed by atoms with Crippen molar-refractivity contribution in [2.75, 3.05) is 26.7 Å². The van der Waals surface area contributed by atoms with Crippen molar-refractivity contribution in [3.8, 4) is 0 Å². The van der Waals surface area contributed by atoms with E-state index in [4.69, 9.17) is 10.5 Å². The van der Waals surface area contributed by atoms with E-state index in [1.54, 1.807) is 7.11 Å². The fourth-order valence-electron chi connectivity index (χ4n) is 2.88. The van der Waals surface area contributed by atoms with E-state index in [1.807, 2.05) is 0 Å². The van der Waals surface area contributed by atoms with Gasteiger partial charge in [-0.15, -0.1) is 0 Å². The van der Waals surface area contributed by atoms with Gasteiger partial charge in [0.2, 0.25) is 0 Å². The topological polar surface area (TPSA) is 38.5 Å². The Morgan fingerprint density at radius 3 is 2.89 bits per heavy atom. The van der Waals surface area contributed by atoms with Crippen molar-refractivity contribution in [2.24, 2.45) is 5.73 Å². The molecule has 18 heavy (non-hydrogen) atoms. The molecule has 2 rings (SSSR count). The third kappa shape index (κ3) is 2.91. The summed E-state index contributed by atoms with van der Waals surface area (Å²) < 4.78 is 5.50. The molecule has 2 atom stereocenters. The van der Waals surface area contributed by atoms with Gasteiger partial charge in [0.1, 0.15) is 0 Å². The third-order valence-corrected chi connectivity index (χ3v) is 3.95. The zero-order chi connectivity index (χ0) is 13.0. The standard InChI is InChI=1S/C15H24N2O/c1-12-6-3-4-8-14(12)15(10-16)17-9-5-7-13(11-17)18-2/h3-4,6,8,13,15H,5,7,9-11,16H2,1-2H3. The van der Waals surface area contributed by atoms with Crippen molar-refractivity contribution < 1.29 is 4.74 Å². The van der Waals surface area contributed by atoms with Crippen molar-refractivity contribution in [1.82, 2.24) is 4.90 Å². The normalized spacial score (nSPS) is 22.9. The minimum absolute atomic E-state index is 0.323. The van der Waals surface area contributed by atoms with Crippen LogP contribution in [-0.4, -0.2) is 37.7 Å². The molecule has 1 heterocycles. The zero-order valence-corrected chi connectivity index (χ0v) is 11.4. The first kappa shape index (κ1) is 13.5. The van der Waals surface area contributed by atoms with Gasteiger partial charge in [-0.2, -0.15) is 0 Å². The summed E-state index contributed by atoms with van der Waals surface area (Å²) in [5.74, 6) is 0. The number of ether oxygens (including phenoxy) is 1. The lowest BCUT2D eigenvalue weighted by molar-refractivity contribution is 0.0154. The monoisotopic (exact) mass is 248 g/mol. The van der Waals surface area contributed by atoms with Crippen molar-refractivity contribution in [3.05, 3.63) is 35.4 Å². The number of aryl methyl sites for hydroxylation is 1. The molecule has 1 aliphatic rings. The summed E-state index contributed by atoms with van der Waals surface area (Å²) in [5.41, 5.74) is 8.69. The molecule has 1 fully saturated rings. The van der Waals surface area contributed by atoms with Gasteiger partial charge in [0.25, 0.3) is 0 Å². The Bertz CT molecular complexity index is 381. The van der Waals surface area contributed by atoms with Crippen LogP contribution in [0.5, 0.6) is 0 Å². The number of hydrogen-bond acceptors (Lipinski definition) is 3. The molecule has 0 aliphatic carbocycles. The first-order valence-corrected chi connectivity index (χ1v) is 6.78. The maximum atomic E-state index is 6.01. The molecule has 1 aromatic carbocycles. The van der Waals surface area contributed by atoms with E-state index < -0.39 is 0 Å². The Kier molecular flexibility index (Phi) is 4.75. The van der Waals surface area contributed by atoms with Crippen LogP contribution in [0, 0.1) is 6.92 Å². The van der Waals surface area contributed by atoms with E-state index in [0.29, 0.717) is 18.7 Å². The Morgan fingerprint density at radius 2 is 2.22 bits per heavy atom. The van der Waals surface area contributed by atoms with E-state index in [2.05, 4.69) is 36.1 Å².